The molecule has 0 heterocycles. The molecule has 0 fully saturated rings. The Hall–Kier alpha value is 1.15. The lowest BCUT2D eigenvalue weighted by Crippen LogP contribution is -2.33. The molecule has 0 aromatic rings. The summed E-state index contributed by atoms with van der Waals surface area (Å²) < 4.78 is 27.5. The van der Waals surface area contributed by atoms with Gasteiger partial charge in [0.15, 0.2) is 10.6 Å². The van der Waals surface area contributed by atoms with Crippen molar-refractivity contribution in [2.75, 3.05) is 0 Å². The summed E-state index contributed by atoms with van der Waals surface area (Å²) in [6.45, 7) is 4.15. The molecule has 15 heavy (non-hydrogen) atoms. The highest BCUT2D eigenvalue weighted by molar-refractivity contribution is 7.41. The highest BCUT2D eigenvalue weighted by Crippen LogP contribution is 2.50. The van der Waals surface area contributed by atoms with Gasteiger partial charge in [-0.15, -0.1) is 0 Å². The number of halogens is 2. The van der Waals surface area contributed by atoms with Crippen molar-refractivity contribution in [2.45, 2.75) is 56.5 Å². The number of unbranched alkanes of at least 4 members (excludes halogenated alkanes) is 1. The van der Waals surface area contributed by atoms with Gasteiger partial charge in [0, 0.05) is 0 Å². The van der Waals surface area contributed by atoms with Crippen LogP contribution in [0.15, 0.2) is 0 Å². The molecule has 0 aromatic heterocycles. The Balaban J connectivity index is 4.27. The Bertz CT molecular complexity index is 178. The van der Waals surface area contributed by atoms with Crippen LogP contribution in [0.3, 0.4) is 0 Å². The fourth-order valence-electron chi connectivity index (χ4n) is 1.52. The van der Waals surface area contributed by atoms with Gasteiger partial charge in [0.25, 0.3) is 0 Å². The predicted octanol–water partition coefficient (Wildman–Crippen LogP) is 4.51. The molecule has 0 aromatic carbocycles. The smallest absolute Gasteiger partial charge is 0.172 e. The van der Waals surface area contributed by atoms with E-state index >= 15 is 0 Å². The van der Waals surface area contributed by atoms with Gasteiger partial charge in [0.1, 0.15) is 0 Å². The fourth-order valence-corrected chi connectivity index (χ4v) is 2.09. The minimum absolute atomic E-state index is 0.262. The van der Waals surface area contributed by atoms with E-state index in [0.717, 1.165) is 25.7 Å². The summed E-state index contributed by atoms with van der Waals surface area (Å²) in [5, 5.41) is -3.81. The molecular weight excluding hydrogens is 251 g/mol. The molecule has 0 saturated carbocycles. The monoisotopic (exact) mass is 274 g/mol. The normalized spacial score (nSPS) is 18.6. The van der Waals surface area contributed by atoms with Crippen molar-refractivity contribution in [3.05, 3.63) is 0 Å². The van der Waals surface area contributed by atoms with Gasteiger partial charge in [-0.25, -0.2) is 8.78 Å². The van der Waals surface area contributed by atoms with Crippen molar-refractivity contribution in [2.24, 2.45) is 5.92 Å². The molecule has 5 unspecified atom stereocenters. The van der Waals surface area contributed by atoms with E-state index in [0.29, 0.717) is 0 Å². The molecule has 0 aliphatic rings. The third kappa shape index (κ3) is 5.86. The maximum absolute atomic E-state index is 14.0. The van der Waals surface area contributed by atoms with Gasteiger partial charge in [0.2, 0.25) is 0 Å². The lowest BCUT2D eigenvalue weighted by molar-refractivity contribution is 0.135. The van der Waals surface area contributed by atoms with Crippen LogP contribution in [0.25, 0.3) is 0 Å². The first-order valence-electron chi connectivity index (χ1n) is 5.49. The zero-order valence-electron chi connectivity index (χ0n) is 9.60. The maximum Gasteiger partial charge on any atom is 0.172 e. The predicted molar refractivity (Wildman–Crippen MR) is 74.7 cm³/mol. The van der Waals surface area contributed by atoms with Crippen molar-refractivity contribution >= 4 is 27.7 Å². The maximum atomic E-state index is 14.0. The summed E-state index contributed by atoms with van der Waals surface area (Å²) in [4.78, 5) is 0. The van der Waals surface area contributed by atoms with Gasteiger partial charge in [0.05, 0.1) is 0 Å². The summed E-state index contributed by atoms with van der Waals surface area (Å²) in [5.74, 6) is 0.267. The molecule has 0 aliphatic carbocycles. The van der Waals surface area contributed by atoms with Crippen LogP contribution >= 0.6 is 27.7 Å². The second-order valence-corrected chi connectivity index (χ2v) is 7.51. The zero-order valence-corrected chi connectivity index (χ0v) is 13.1. The largest absolute Gasteiger partial charge is 0.235 e. The number of hydrogen-bond donors (Lipinski definition) is 0. The molecule has 0 aliphatic heterocycles. The fraction of sp³-hybridized carbons (Fsp3) is 1.00. The molecule has 0 spiro atoms. The van der Waals surface area contributed by atoms with Gasteiger partial charge < -0.3 is 0 Å². The molecule has 5 atom stereocenters. The summed E-state index contributed by atoms with van der Waals surface area (Å²) >= 11 is 0. The molecule has 0 bridgehead atoms. The van der Waals surface area contributed by atoms with E-state index in [1.54, 1.807) is 0 Å². The topological polar surface area (TPSA) is 0 Å². The molecule has 0 radical (unpaired) electrons. The second-order valence-electron chi connectivity index (χ2n) is 4.25. The van der Waals surface area contributed by atoms with Crippen molar-refractivity contribution in [1.29, 1.82) is 0 Å². The van der Waals surface area contributed by atoms with Gasteiger partial charge in [-0.3, -0.25) is 0 Å². The minimum Gasteiger partial charge on any atom is -0.235 e. The van der Waals surface area contributed by atoms with Crippen LogP contribution in [0.2, 0.25) is 0 Å². The van der Waals surface area contributed by atoms with Crippen LogP contribution in [0.5, 0.6) is 0 Å². The van der Waals surface area contributed by atoms with Gasteiger partial charge in [-0.05, 0) is 12.3 Å². The molecule has 0 amide bonds. The number of hydrogen-bond acceptors (Lipinski definition) is 0. The third-order valence-electron chi connectivity index (χ3n) is 2.77. The van der Waals surface area contributed by atoms with Crippen LogP contribution in [0.1, 0.15) is 46.0 Å². The molecular formula is C10H23F2P3. The van der Waals surface area contributed by atoms with E-state index < -0.39 is 10.6 Å². The van der Waals surface area contributed by atoms with Crippen LogP contribution in [-0.4, -0.2) is 10.6 Å². The Labute approximate surface area is 99.3 Å². The third-order valence-corrected chi connectivity index (χ3v) is 5.07. The van der Waals surface area contributed by atoms with E-state index in [9.17, 15) is 8.78 Å². The number of rotatable bonds is 7. The Morgan fingerprint density at radius 3 is 2.00 bits per heavy atom. The summed E-state index contributed by atoms with van der Waals surface area (Å²) in [7, 11) is 5.86. The van der Waals surface area contributed by atoms with E-state index in [1.807, 2.05) is 34.6 Å². The van der Waals surface area contributed by atoms with Crippen LogP contribution in [0.4, 0.5) is 8.78 Å². The van der Waals surface area contributed by atoms with Gasteiger partial charge in [-0.1, -0.05) is 67.3 Å². The van der Waals surface area contributed by atoms with Crippen LogP contribution in [-0.2, 0) is 0 Å². The Morgan fingerprint density at radius 2 is 1.67 bits per heavy atom. The van der Waals surface area contributed by atoms with Crippen molar-refractivity contribution in [3.63, 3.8) is 0 Å². The van der Waals surface area contributed by atoms with E-state index in [2.05, 4.69) is 6.92 Å². The number of alkyl halides is 2. The quantitative estimate of drug-likeness (QED) is 0.599. The molecule has 5 heteroatoms. The lowest BCUT2D eigenvalue weighted by atomic mass is 9.93. The van der Waals surface area contributed by atoms with Crippen molar-refractivity contribution < 1.29 is 8.78 Å². The first kappa shape index (κ1) is 16.1. The van der Waals surface area contributed by atoms with Gasteiger partial charge in [-0.2, -0.15) is 0 Å². The van der Waals surface area contributed by atoms with Crippen LogP contribution < -0.4 is 0 Å². The van der Waals surface area contributed by atoms with Gasteiger partial charge >= 0.3 is 0 Å². The molecule has 0 nitrogen and oxygen atoms in total. The first-order chi connectivity index (χ1) is 6.74. The average Bonchev–Trinajstić information content (AvgIpc) is 2.10. The van der Waals surface area contributed by atoms with Crippen molar-refractivity contribution in [3.8, 4) is 0 Å². The summed E-state index contributed by atoms with van der Waals surface area (Å²) in [6, 6.07) is 0. The molecule has 92 valence electrons. The van der Waals surface area contributed by atoms with E-state index in [4.69, 9.17) is 0 Å². The SMILES string of the molecule is CCCCC(CC)CC(F)(P)C(F)(P)P. The summed E-state index contributed by atoms with van der Waals surface area (Å²) in [6.07, 6.45) is 4.35. The minimum atomic E-state index is -1.95. The molecule has 0 N–H and O–H groups in total. The van der Waals surface area contributed by atoms with E-state index in [1.165, 1.54) is 0 Å². The Kier molecular flexibility index (Phi) is 7.30. The van der Waals surface area contributed by atoms with Crippen LogP contribution in [0, 0.1) is 5.92 Å². The Morgan fingerprint density at radius 1 is 1.13 bits per heavy atom. The zero-order chi connectivity index (χ0) is 12.1. The molecule has 0 saturated heterocycles. The first-order valence-corrected chi connectivity index (χ1v) is 7.22. The average molecular weight is 274 g/mol. The second kappa shape index (κ2) is 6.78. The summed E-state index contributed by atoms with van der Waals surface area (Å²) in [5.41, 5.74) is 0. The van der Waals surface area contributed by atoms with E-state index in [-0.39, 0.29) is 12.3 Å². The van der Waals surface area contributed by atoms with Crippen molar-refractivity contribution in [1.82, 2.24) is 0 Å². The molecule has 0 rings (SSSR count). The highest BCUT2D eigenvalue weighted by atomic mass is 31.1. The highest BCUT2D eigenvalue weighted by Gasteiger charge is 2.43. The standard InChI is InChI=1S/C10H23F2P3/c1-3-5-6-8(4-2)7-9(11,13)10(12,14)15/h8H,3-7,13-15H2,1-2H3. The lowest BCUT2D eigenvalue weighted by Gasteiger charge is -2.33.